The second-order valence-corrected chi connectivity index (χ2v) is 7.29. The van der Waals surface area contributed by atoms with E-state index >= 15 is 0 Å². The number of amides is 4. The highest BCUT2D eigenvalue weighted by molar-refractivity contribution is 5.94. The third kappa shape index (κ3) is 9.72. The van der Waals surface area contributed by atoms with Crippen molar-refractivity contribution in [3.05, 3.63) is 0 Å². The van der Waals surface area contributed by atoms with Gasteiger partial charge in [0.05, 0.1) is 12.7 Å². The molecular formula is C18H33N5O8. The van der Waals surface area contributed by atoms with Gasteiger partial charge in [-0.3, -0.25) is 19.2 Å². The van der Waals surface area contributed by atoms with Crippen LogP contribution in [0.4, 0.5) is 0 Å². The van der Waals surface area contributed by atoms with Crippen molar-refractivity contribution in [2.75, 3.05) is 6.61 Å². The van der Waals surface area contributed by atoms with E-state index in [4.69, 9.17) is 16.6 Å². The highest BCUT2D eigenvalue weighted by Crippen LogP contribution is 2.09. The summed E-state index contributed by atoms with van der Waals surface area (Å²) in [6, 6.07) is -5.39. The number of aliphatic hydroxyl groups excluding tert-OH is 2. The number of carboxylic acids is 1. The first-order valence-electron chi connectivity index (χ1n) is 9.82. The maximum absolute atomic E-state index is 12.7. The van der Waals surface area contributed by atoms with Crippen LogP contribution in [0.25, 0.3) is 0 Å². The summed E-state index contributed by atoms with van der Waals surface area (Å²) < 4.78 is 0. The predicted octanol–water partition coefficient (Wildman–Crippen LogP) is -3.46. The van der Waals surface area contributed by atoms with Crippen molar-refractivity contribution in [2.24, 2.45) is 17.4 Å². The maximum Gasteiger partial charge on any atom is 0.326 e. The second-order valence-electron chi connectivity index (χ2n) is 7.29. The van der Waals surface area contributed by atoms with Crippen LogP contribution in [0.1, 0.15) is 40.0 Å². The zero-order valence-corrected chi connectivity index (χ0v) is 17.8. The minimum Gasteiger partial charge on any atom is -0.480 e. The standard InChI is InChI=1S/C18H33N5O8/c1-4-8(2)14(23-16(28)13(20)9(3)25)17(29)22-11(7-24)15(27)21-10(18(30)31)5-6-12(19)26/h8-11,13-14,24-25H,4-7,20H2,1-3H3,(H2,19,26)(H,21,27)(H,22,29)(H,23,28)(H,30,31). The molecule has 0 rings (SSSR count). The number of rotatable bonds is 14. The molecule has 0 aliphatic rings. The van der Waals surface area contributed by atoms with Crippen LogP contribution in [0.3, 0.4) is 0 Å². The topological polar surface area (TPSA) is 234 Å². The quantitative estimate of drug-likeness (QED) is 0.132. The molecule has 178 valence electrons. The van der Waals surface area contributed by atoms with Crippen molar-refractivity contribution in [3.8, 4) is 0 Å². The van der Waals surface area contributed by atoms with Gasteiger partial charge in [-0.2, -0.15) is 0 Å². The SMILES string of the molecule is CCC(C)C(NC(=O)C(N)C(C)O)C(=O)NC(CO)C(=O)NC(CCC(N)=O)C(=O)O. The number of carbonyl (C=O) groups is 5. The molecule has 6 atom stereocenters. The summed E-state index contributed by atoms with van der Waals surface area (Å²) in [5.41, 5.74) is 10.5. The molecular weight excluding hydrogens is 414 g/mol. The summed E-state index contributed by atoms with van der Waals surface area (Å²) in [5.74, 6) is -5.15. The van der Waals surface area contributed by atoms with Crippen molar-refractivity contribution in [2.45, 2.75) is 70.3 Å². The molecule has 0 bridgehead atoms. The first kappa shape index (κ1) is 28.2. The third-order valence-electron chi connectivity index (χ3n) is 4.73. The van der Waals surface area contributed by atoms with E-state index in [1.807, 2.05) is 0 Å². The molecule has 0 radical (unpaired) electrons. The molecule has 6 unspecified atom stereocenters. The van der Waals surface area contributed by atoms with E-state index in [9.17, 15) is 34.2 Å². The first-order chi connectivity index (χ1) is 14.3. The lowest BCUT2D eigenvalue weighted by Gasteiger charge is -2.27. The Morgan fingerprint density at radius 2 is 1.48 bits per heavy atom. The number of aliphatic hydroxyl groups is 2. The molecule has 0 saturated heterocycles. The Balaban J connectivity index is 5.29. The van der Waals surface area contributed by atoms with Crippen LogP contribution in [-0.4, -0.2) is 81.8 Å². The average Bonchev–Trinajstić information content (AvgIpc) is 2.70. The minimum absolute atomic E-state index is 0.273. The van der Waals surface area contributed by atoms with Crippen LogP contribution >= 0.6 is 0 Å². The molecule has 0 heterocycles. The van der Waals surface area contributed by atoms with Crippen LogP contribution in [-0.2, 0) is 24.0 Å². The molecule has 13 nitrogen and oxygen atoms in total. The molecule has 13 heteroatoms. The minimum atomic E-state index is -1.52. The lowest BCUT2D eigenvalue weighted by molar-refractivity contribution is -0.143. The number of carbonyl (C=O) groups excluding carboxylic acids is 4. The number of nitrogens with two attached hydrogens (primary N) is 2. The van der Waals surface area contributed by atoms with Gasteiger partial charge in [0.2, 0.25) is 23.6 Å². The average molecular weight is 447 g/mol. The number of hydrogen-bond acceptors (Lipinski definition) is 8. The molecule has 0 aliphatic heterocycles. The van der Waals surface area contributed by atoms with Crippen molar-refractivity contribution in [3.63, 3.8) is 0 Å². The summed E-state index contributed by atoms with van der Waals surface area (Å²) in [5, 5.41) is 34.9. The summed E-state index contributed by atoms with van der Waals surface area (Å²) in [6.07, 6.45) is -1.26. The zero-order chi connectivity index (χ0) is 24.3. The summed E-state index contributed by atoms with van der Waals surface area (Å²) in [4.78, 5) is 59.3. The van der Waals surface area contributed by atoms with E-state index < -0.39 is 72.4 Å². The molecule has 0 aromatic rings. The predicted molar refractivity (Wildman–Crippen MR) is 108 cm³/mol. The number of nitrogens with one attached hydrogen (secondary N) is 3. The van der Waals surface area contributed by atoms with Gasteiger partial charge in [-0.15, -0.1) is 0 Å². The van der Waals surface area contributed by atoms with Gasteiger partial charge >= 0.3 is 5.97 Å². The Bertz CT molecular complexity index is 657. The molecule has 0 fully saturated rings. The molecule has 0 aromatic heterocycles. The zero-order valence-electron chi connectivity index (χ0n) is 17.8. The lowest BCUT2D eigenvalue weighted by Crippen LogP contribution is -2.60. The smallest absolute Gasteiger partial charge is 0.326 e. The number of carboxylic acid groups (broad SMARTS) is 1. The van der Waals surface area contributed by atoms with E-state index in [1.165, 1.54) is 6.92 Å². The Morgan fingerprint density at radius 1 is 0.935 bits per heavy atom. The molecule has 10 N–H and O–H groups in total. The van der Waals surface area contributed by atoms with Gasteiger partial charge < -0.3 is 42.7 Å². The summed E-state index contributed by atoms with van der Waals surface area (Å²) in [7, 11) is 0. The largest absolute Gasteiger partial charge is 0.480 e. The molecule has 0 saturated carbocycles. The number of primary amides is 1. The van der Waals surface area contributed by atoms with Crippen LogP contribution < -0.4 is 27.4 Å². The van der Waals surface area contributed by atoms with E-state index in [-0.39, 0.29) is 12.8 Å². The van der Waals surface area contributed by atoms with Gasteiger partial charge in [-0.25, -0.2) is 4.79 Å². The third-order valence-corrected chi connectivity index (χ3v) is 4.73. The maximum atomic E-state index is 12.7. The van der Waals surface area contributed by atoms with Gasteiger partial charge in [-0.05, 0) is 19.3 Å². The van der Waals surface area contributed by atoms with E-state index in [1.54, 1.807) is 13.8 Å². The fourth-order valence-corrected chi connectivity index (χ4v) is 2.44. The normalized spacial score (nSPS) is 16.7. The van der Waals surface area contributed by atoms with Crippen LogP contribution in [0.15, 0.2) is 0 Å². The van der Waals surface area contributed by atoms with Crippen molar-refractivity contribution in [1.29, 1.82) is 0 Å². The Morgan fingerprint density at radius 3 is 1.90 bits per heavy atom. The monoisotopic (exact) mass is 447 g/mol. The highest BCUT2D eigenvalue weighted by atomic mass is 16.4. The van der Waals surface area contributed by atoms with E-state index in [0.29, 0.717) is 6.42 Å². The molecule has 4 amide bonds. The van der Waals surface area contributed by atoms with Gasteiger partial charge in [0.15, 0.2) is 0 Å². The van der Waals surface area contributed by atoms with Crippen LogP contribution in [0.2, 0.25) is 0 Å². The summed E-state index contributed by atoms with van der Waals surface area (Å²) >= 11 is 0. The Labute approximate surface area is 179 Å². The van der Waals surface area contributed by atoms with Crippen molar-refractivity contribution >= 4 is 29.6 Å². The molecule has 31 heavy (non-hydrogen) atoms. The molecule has 0 aromatic carbocycles. The van der Waals surface area contributed by atoms with Gasteiger partial charge in [-0.1, -0.05) is 20.3 Å². The highest BCUT2D eigenvalue weighted by Gasteiger charge is 2.32. The fraction of sp³-hybridized carbons (Fsp3) is 0.722. The first-order valence-corrected chi connectivity index (χ1v) is 9.82. The number of hydrogen-bond donors (Lipinski definition) is 8. The fourth-order valence-electron chi connectivity index (χ4n) is 2.44. The Hall–Kier alpha value is -2.77. The van der Waals surface area contributed by atoms with E-state index in [2.05, 4.69) is 16.0 Å². The van der Waals surface area contributed by atoms with Crippen LogP contribution in [0, 0.1) is 5.92 Å². The van der Waals surface area contributed by atoms with Gasteiger partial charge in [0, 0.05) is 6.42 Å². The van der Waals surface area contributed by atoms with Gasteiger partial charge in [0.1, 0.15) is 24.2 Å². The van der Waals surface area contributed by atoms with E-state index in [0.717, 1.165) is 0 Å². The molecule has 0 spiro atoms. The second kappa shape index (κ2) is 13.5. The van der Waals surface area contributed by atoms with Crippen molar-refractivity contribution < 1.29 is 39.3 Å². The van der Waals surface area contributed by atoms with Crippen LogP contribution in [0.5, 0.6) is 0 Å². The summed E-state index contributed by atoms with van der Waals surface area (Å²) in [6.45, 7) is 3.88. The van der Waals surface area contributed by atoms with Gasteiger partial charge in [0.25, 0.3) is 0 Å². The Kier molecular flexibility index (Phi) is 12.3. The molecule has 0 aliphatic carbocycles. The number of aliphatic carboxylic acids is 1. The lowest BCUT2D eigenvalue weighted by atomic mass is 9.97. The van der Waals surface area contributed by atoms with Crippen molar-refractivity contribution in [1.82, 2.24) is 16.0 Å².